The van der Waals surface area contributed by atoms with Gasteiger partial charge in [-0.25, -0.2) is 0 Å². The van der Waals surface area contributed by atoms with Gasteiger partial charge in [0.05, 0.1) is 6.10 Å². The van der Waals surface area contributed by atoms with Crippen LogP contribution in [-0.2, 0) is 19.1 Å². The highest BCUT2D eigenvalue weighted by Gasteiger charge is 2.11. The van der Waals surface area contributed by atoms with E-state index in [2.05, 4.69) is 50.3 Å². The molecule has 0 aliphatic heterocycles. The highest BCUT2D eigenvalue weighted by molar-refractivity contribution is 5.70. The second-order valence-corrected chi connectivity index (χ2v) is 11.8. The summed E-state index contributed by atoms with van der Waals surface area (Å²) in [7, 11) is 0. The third kappa shape index (κ3) is 34.2. The summed E-state index contributed by atoms with van der Waals surface area (Å²) in [6, 6.07) is 0. The van der Waals surface area contributed by atoms with E-state index in [1.165, 1.54) is 57.8 Å². The standard InChI is InChI=1S/C40H66O6/c1-3-5-7-8-9-10-11-16-19-22-25-29-33-39(43)45-35-38(42)36-46-40(44)34-30-26-23-20-17-14-12-13-15-18-21-24-28-32-37(41)31-27-6-4-2/h6,13-15,17,21,23-24,26-28,32,37-38,41-42H,3-5,7-12,16,18-20,22,25,29-31,33-36H2,1-2H3/b15-13-,17-14-,24-21+,26-23-,27-6-,32-28+/t37?,38-/m1/s1. The Morgan fingerprint density at radius 3 is 1.63 bits per heavy atom. The minimum atomic E-state index is -1.01. The van der Waals surface area contributed by atoms with Crippen molar-refractivity contribution >= 4 is 11.9 Å². The molecule has 0 aliphatic carbocycles. The van der Waals surface area contributed by atoms with Gasteiger partial charge in [0.15, 0.2) is 0 Å². The number of carbonyl (C=O) groups excluding carboxylic acids is 2. The highest BCUT2D eigenvalue weighted by atomic mass is 16.6. The molecule has 6 heteroatoms. The van der Waals surface area contributed by atoms with Crippen LogP contribution in [0.4, 0.5) is 0 Å². The second-order valence-electron chi connectivity index (χ2n) is 11.8. The van der Waals surface area contributed by atoms with Crippen LogP contribution < -0.4 is 0 Å². The van der Waals surface area contributed by atoms with E-state index in [4.69, 9.17) is 9.47 Å². The van der Waals surface area contributed by atoms with Crippen LogP contribution in [0, 0.1) is 0 Å². The molecule has 0 amide bonds. The van der Waals surface area contributed by atoms with E-state index in [1.807, 2.05) is 30.4 Å². The molecule has 46 heavy (non-hydrogen) atoms. The number of hydrogen-bond donors (Lipinski definition) is 2. The fourth-order valence-corrected chi connectivity index (χ4v) is 4.55. The van der Waals surface area contributed by atoms with Gasteiger partial charge < -0.3 is 19.7 Å². The molecule has 0 aromatic rings. The Labute approximate surface area is 281 Å². The summed E-state index contributed by atoms with van der Waals surface area (Å²) < 4.78 is 10.2. The molecule has 0 saturated heterocycles. The molecule has 2 atom stereocenters. The summed E-state index contributed by atoms with van der Waals surface area (Å²) >= 11 is 0. The van der Waals surface area contributed by atoms with Gasteiger partial charge in [0.1, 0.15) is 19.3 Å². The predicted octanol–water partition coefficient (Wildman–Crippen LogP) is 9.97. The summed E-state index contributed by atoms with van der Waals surface area (Å²) in [6.07, 6.45) is 42.9. The third-order valence-electron chi connectivity index (χ3n) is 7.30. The zero-order valence-corrected chi connectivity index (χ0v) is 29.2. The van der Waals surface area contributed by atoms with Crippen molar-refractivity contribution in [3.05, 3.63) is 72.9 Å². The maximum absolute atomic E-state index is 11.9. The molecular weight excluding hydrogens is 576 g/mol. The number of aliphatic hydroxyl groups excluding tert-OH is 2. The Bertz CT molecular complexity index is 882. The molecular formula is C40H66O6. The minimum absolute atomic E-state index is 0.151. The molecule has 0 fully saturated rings. The average Bonchev–Trinajstić information content (AvgIpc) is 3.05. The second kappa shape index (κ2) is 35.2. The summed E-state index contributed by atoms with van der Waals surface area (Å²) in [5, 5.41) is 19.7. The number of carbonyl (C=O) groups is 2. The number of rotatable bonds is 31. The molecule has 262 valence electrons. The van der Waals surface area contributed by atoms with E-state index in [1.54, 1.807) is 6.08 Å². The first kappa shape index (κ1) is 43.3. The fourth-order valence-electron chi connectivity index (χ4n) is 4.55. The first-order chi connectivity index (χ1) is 22.5. The summed E-state index contributed by atoms with van der Waals surface area (Å²) in [5.41, 5.74) is 0. The monoisotopic (exact) mass is 642 g/mol. The molecule has 0 heterocycles. The van der Waals surface area contributed by atoms with Crippen LogP contribution >= 0.6 is 0 Å². The Hall–Kier alpha value is -2.70. The number of ether oxygens (including phenoxy) is 2. The van der Waals surface area contributed by atoms with Gasteiger partial charge in [0.2, 0.25) is 0 Å². The average molecular weight is 643 g/mol. The normalized spacial score (nSPS) is 13.7. The molecule has 0 saturated carbocycles. The van der Waals surface area contributed by atoms with Gasteiger partial charge in [0, 0.05) is 12.8 Å². The number of allylic oxidation sites excluding steroid dienone is 10. The van der Waals surface area contributed by atoms with Crippen molar-refractivity contribution in [1.82, 2.24) is 0 Å². The molecule has 0 rings (SSSR count). The smallest absolute Gasteiger partial charge is 0.306 e. The number of unbranched alkanes of at least 4 members (excludes halogenated alkanes) is 11. The molecule has 0 radical (unpaired) electrons. The third-order valence-corrected chi connectivity index (χ3v) is 7.30. The predicted molar refractivity (Wildman–Crippen MR) is 192 cm³/mol. The topological polar surface area (TPSA) is 93.1 Å². The van der Waals surface area contributed by atoms with Gasteiger partial charge in [-0.3, -0.25) is 9.59 Å². The van der Waals surface area contributed by atoms with E-state index in [0.29, 0.717) is 19.3 Å². The van der Waals surface area contributed by atoms with Crippen LogP contribution in [0.1, 0.15) is 142 Å². The number of esters is 2. The van der Waals surface area contributed by atoms with Crippen molar-refractivity contribution in [3.8, 4) is 0 Å². The Balaban J connectivity index is 3.66. The van der Waals surface area contributed by atoms with Crippen LogP contribution in [0.2, 0.25) is 0 Å². The summed E-state index contributed by atoms with van der Waals surface area (Å²) in [4.78, 5) is 23.8. The molecule has 0 bridgehead atoms. The Morgan fingerprint density at radius 2 is 1.07 bits per heavy atom. The van der Waals surface area contributed by atoms with Gasteiger partial charge in [0.25, 0.3) is 0 Å². The van der Waals surface area contributed by atoms with E-state index < -0.39 is 12.2 Å². The maximum Gasteiger partial charge on any atom is 0.306 e. The SMILES string of the molecule is CC/C=C\CC(O)/C=C/C=C/C/C=C\C/C=C\C/C=C\CCC(=O)OC[C@H](O)COC(=O)CCCCCCCCCCCCCC. The lowest BCUT2D eigenvalue weighted by Gasteiger charge is -2.12. The zero-order valence-electron chi connectivity index (χ0n) is 29.2. The van der Waals surface area contributed by atoms with Gasteiger partial charge in [-0.2, -0.15) is 0 Å². The molecule has 0 aliphatic rings. The summed E-state index contributed by atoms with van der Waals surface area (Å²) in [5.74, 6) is -0.686. The lowest BCUT2D eigenvalue weighted by atomic mass is 10.0. The zero-order chi connectivity index (χ0) is 33.8. The lowest BCUT2D eigenvalue weighted by molar-refractivity contribution is -0.152. The lowest BCUT2D eigenvalue weighted by Crippen LogP contribution is -2.25. The van der Waals surface area contributed by atoms with E-state index >= 15 is 0 Å². The minimum Gasteiger partial charge on any atom is -0.463 e. The number of hydrogen-bond acceptors (Lipinski definition) is 6. The molecule has 0 spiro atoms. The first-order valence-corrected chi connectivity index (χ1v) is 18.1. The maximum atomic E-state index is 11.9. The molecule has 6 nitrogen and oxygen atoms in total. The largest absolute Gasteiger partial charge is 0.463 e. The fraction of sp³-hybridized carbons (Fsp3) is 0.650. The Kier molecular flexibility index (Phi) is 33.1. The molecule has 0 aromatic carbocycles. The van der Waals surface area contributed by atoms with E-state index in [-0.39, 0.29) is 31.6 Å². The van der Waals surface area contributed by atoms with E-state index in [9.17, 15) is 19.8 Å². The van der Waals surface area contributed by atoms with Gasteiger partial charge in [-0.1, -0.05) is 157 Å². The van der Waals surface area contributed by atoms with Crippen molar-refractivity contribution in [3.63, 3.8) is 0 Å². The van der Waals surface area contributed by atoms with Gasteiger partial charge in [-0.05, 0) is 44.9 Å². The number of aliphatic hydroxyl groups is 2. The first-order valence-electron chi connectivity index (χ1n) is 18.1. The van der Waals surface area contributed by atoms with Crippen molar-refractivity contribution in [1.29, 1.82) is 0 Å². The van der Waals surface area contributed by atoms with Crippen LogP contribution in [0.3, 0.4) is 0 Å². The molecule has 2 N–H and O–H groups in total. The molecule has 1 unspecified atom stereocenters. The summed E-state index contributed by atoms with van der Waals surface area (Å²) in [6.45, 7) is 4.00. The van der Waals surface area contributed by atoms with Crippen molar-refractivity contribution in [2.45, 2.75) is 154 Å². The van der Waals surface area contributed by atoms with Crippen LogP contribution in [0.25, 0.3) is 0 Å². The van der Waals surface area contributed by atoms with Crippen molar-refractivity contribution < 1.29 is 29.3 Å². The van der Waals surface area contributed by atoms with E-state index in [0.717, 1.165) is 44.9 Å². The quantitative estimate of drug-likeness (QED) is 0.0338. The van der Waals surface area contributed by atoms with Gasteiger partial charge in [-0.15, -0.1) is 0 Å². The Morgan fingerprint density at radius 1 is 0.565 bits per heavy atom. The van der Waals surface area contributed by atoms with Gasteiger partial charge >= 0.3 is 11.9 Å². The van der Waals surface area contributed by atoms with Crippen LogP contribution in [-0.4, -0.2) is 47.6 Å². The van der Waals surface area contributed by atoms with Crippen LogP contribution in [0.5, 0.6) is 0 Å². The van der Waals surface area contributed by atoms with Crippen molar-refractivity contribution in [2.24, 2.45) is 0 Å². The highest BCUT2D eigenvalue weighted by Crippen LogP contribution is 2.12. The molecule has 0 aromatic heterocycles. The van der Waals surface area contributed by atoms with Crippen LogP contribution in [0.15, 0.2) is 72.9 Å². The van der Waals surface area contributed by atoms with Crippen molar-refractivity contribution in [2.75, 3.05) is 13.2 Å².